The highest BCUT2D eigenvalue weighted by molar-refractivity contribution is 5.91. The Labute approximate surface area is 190 Å². The smallest absolute Gasteiger partial charge is 0.319 e. The normalized spacial score (nSPS) is 11.5. The number of hydrogen-bond donors (Lipinski definition) is 4. The van der Waals surface area contributed by atoms with Crippen LogP contribution in [-0.4, -0.2) is 51.5 Å². The van der Waals surface area contributed by atoms with Crippen LogP contribution in [0, 0.1) is 19.7 Å². The van der Waals surface area contributed by atoms with Crippen molar-refractivity contribution in [3.05, 3.63) is 41.5 Å². The highest BCUT2D eigenvalue weighted by atomic mass is 19.1. The molecular weight excluding hydrogens is 430 g/mol. The standard InChI is InChI=1S/C23H28F2N6O2/c1-13-9-18(24)19(30-22(33)27-6-5-23(3,4)25)11-16(13)17-10-15-12-28-21(26-7-8-32)31-20(15)29-14(17)2/h9-12,32H,5-8H2,1-4H3,(H2,27,30,33)(H,26,28,29,31). The number of alkyl halides is 1. The van der Waals surface area contributed by atoms with Gasteiger partial charge in [0.25, 0.3) is 0 Å². The van der Waals surface area contributed by atoms with Crippen LogP contribution in [0.4, 0.5) is 25.2 Å². The second kappa shape index (κ2) is 10.0. The molecule has 2 amide bonds. The van der Waals surface area contributed by atoms with Crippen molar-refractivity contribution in [2.45, 2.75) is 39.8 Å². The predicted octanol–water partition coefficient (Wildman–Crippen LogP) is 4.11. The molecule has 0 spiro atoms. The number of fused-ring (bicyclic) bond motifs is 1. The third-order valence-corrected chi connectivity index (χ3v) is 5.01. The molecule has 0 bridgehead atoms. The summed E-state index contributed by atoms with van der Waals surface area (Å²) in [5.41, 5.74) is 1.88. The van der Waals surface area contributed by atoms with Crippen molar-refractivity contribution in [1.82, 2.24) is 20.3 Å². The monoisotopic (exact) mass is 458 g/mol. The highest BCUT2D eigenvalue weighted by Crippen LogP contribution is 2.32. The lowest BCUT2D eigenvalue weighted by atomic mass is 9.97. The zero-order valence-corrected chi connectivity index (χ0v) is 19.1. The zero-order valence-electron chi connectivity index (χ0n) is 19.1. The number of rotatable bonds is 8. The molecule has 4 N–H and O–H groups in total. The SMILES string of the molecule is Cc1cc(F)c(NC(=O)NCCC(C)(C)F)cc1-c1cc2cnc(NCCO)nc2nc1C. The summed E-state index contributed by atoms with van der Waals surface area (Å²) in [6.45, 7) is 6.85. The van der Waals surface area contributed by atoms with Crippen molar-refractivity contribution in [2.24, 2.45) is 0 Å². The Hall–Kier alpha value is -3.40. The second-order valence-electron chi connectivity index (χ2n) is 8.37. The lowest BCUT2D eigenvalue weighted by Crippen LogP contribution is -2.32. The fraction of sp³-hybridized carbons (Fsp3) is 0.391. The van der Waals surface area contributed by atoms with Crippen molar-refractivity contribution in [3.8, 4) is 11.1 Å². The Morgan fingerprint density at radius 2 is 1.88 bits per heavy atom. The fourth-order valence-corrected chi connectivity index (χ4v) is 3.28. The molecule has 10 heteroatoms. The minimum atomic E-state index is -1.41. The van der Waals surface area contributed by atoms with Crippen LogP contribution in [0.2, 0.25) is 0 Å². The number of pyridine rings is 1. The molecule has 2 aromatic heterocycles. The lowest BCUT2D eigenvalue weighted by Gasteiger charge is -2.16. The predicted molar refractivity (Wildman–Crippen MR) is 125 cm³/mol. The number of halogens is 2. The van der Waals surface area contributed by atoms with E-state index < -0.39 is 17.5 Å². The number of urea groups is 1. The van der Waals surface area contributed by atoms with Crippen LogP contribution < -0.4 is 16.0 Å². The minimum Gasteiger partial charge on any atom is -0.395 e. The van der Waals surface area contributed by atoms with Gasteiger partial charge in [0, 0.05) is 35.9 Å². The molecule has 0 saturated carbocycles. The first-order valence-corrected chi connectivity index (χ1v) is 10.6. The van der Waals surface area contributed by atoms with E-state index in [1.807, 2.05) is 13.0 Å². The van der Waals surface area contributed by atoms with Crippen molar-refractivity contribution < 1.29 is 18.7 Å². The van der Waals surface area contributed by atoms with Gasteiger partial charge >= 0.3 is 6.03 Å². The first kappa shape index (κ1) is 24.2. The van der Waals surface area contributed by atoms with Gasteiger partial charge in [0.05, 0.1) is 12.3 Å². The zero-order chi connectivity index (χ0) is 24.2. The Bertz CT molecular complexity index is 1160. The molecule has 0 saturated heterocycles. The maximum Gasteiger partial charge on any atom is 0.319 e. The van der Waals surface area contributed by atoms with Gasteiger partial charge < -0.3 is 21.1 Å². The van der Waals surface area contributed by atoms with Gasteiger partial charge in [0.2, 0.25) is 5.95 Å². The topological polar surface area (TPSA) is 112 Å². The van der Waals surface area contributed by atoms with E-state index in [1.54, 1.807) is 19.2 Å². The number of carbonyl (C=O) groups is 1. The summed E-state index contributed by atoms with van der Waals surface area (Å²) >= 11 is 0. The number of anilines is 2. The number of nitrogens with zero attached hydrogens (tertiary/aromatic N) is 3. The van der Waals surface area contributed by atoms with Gasteiger partial charge in [0.1, 0.15) is 11.5 Å². The van der Waals surface area contributed by atoms with Gasteiger partial charge in [-0.25, -0.2) is 23.5 Å². The van der Waals surface area contributed by atoms with E-state index in [-0.39, 0.29) is 25.3 Å². The van der Waals surface area contributed by atoms with Crippen molar-refractivity contribution in [1.29, 1.82) is 0 Å². The van der Waals surface area contributed by atoms with Crippen LogP contribution in [0.15, 0.2) is 24.4 Å². The number of hydrogen-bond acceptors (Lipinski definition) is 6. The summed E-state index contributed by atoms with van der Waals surface area (Å²) in [7, 11) is 0. The average Bonchev–Trinajstić information content (AvgIpc) is 2.73. The summed E-state index contributed by atoms with van der Waals surface area (Å²) in [4.78, 5) is 25.3. The molecule has 0 aliphatic carbocycles. The van der Waals surface area contributed by atoms with E-state index in [0.717, 1.165) is 5.56 Å². The van der Waals surface area contributed by atoms with Crippen LogP contribution in [-0.2, 0) is 0 Å². The lowest BCUT2D eigenvalue weighted by molar-refractivity contribution is 0.200. The van der Waals surface area contributed by atoms with E-state index in [0.29, 0.717) is 40.3 Å². The van der Waals surface area contributed by atoms with Gasteiger partial charge in [-0.2, -0.15) is 4.98 Å². The van der Waals surface area contributed by atoms with Gasteiger partial charge in [-0.1, -0.05) is 0 Å². The van der Waals surface area contributed by atoms with Crippen LogP contribution in [0.25, 0.3) is 22.2 Å². The molecule has 1 aromatic carbocycles. The number of nitrogens with one attached hydrogen (secondary N) is 3. The molecule has 33 heavy (non-hydrogen) atoms. The number of benzene rings is 1. The number of aryl methyl sites for hydroxylation is 2. The van der Waals surface area contributed by atoms with Gasteiger partial charge in [-0.15, -0.1) is 0 Å². The third-order valence-electron chi connectivity index (χ3n) is 5.01. The number of amides is 2. The maximum atomic E-state index is 14.6. The second-order valence-corrected chi connectivity index (χ2v) is 8.37. The Balaban J connectivity index is 1.88. The van der Waals surface area contributed by atoms with Crippen molar-refractivity contribution >= 4 is 28.7 Å². The number of aromatic nitrogens is 3. The molecule has 0 aliphatic rings. The fourth-order valence-electron chi connectivity index (χ4n) is 3.28. The number of aliphatic hydroxyl groups is 1. The van der Waals surface area contributed by atoms with E-state index in [4.69, 9.17) is 5.11 Å². The van der Waals surface area contributed by atoms with Gasteiger partial charge in [-0.3, -0.25) is 0 Å². The summed E-state index contributed by atoms with van der Waals surface area (Å²) < 4.78 is 28.1. The van der Waals surface area contributed by atoms with E-state index in [2.05, 4.69) is 30.9 Å². The molecule has 0 atom stereocenters. The van der Waals surface area contributed by atoms with Crippen molar-refractivity contribution in [2.75, 3.05) is 30.3 Å². The molecule has 176 valence electrons. The van der Waals surface area contributed by atoms with Crippen LogP contribution in [0.1, 0.15) is 31.5 Å². The Kier molecular flexibility index (Phi) is 7.37. The van der Waals surface area contributed by atoms with E-state index in [9.17, 15) is 13.6 Å². The molecule has 0 aliphatic heterocycles. The Morgan fingerprint density at radius 1 is 1.12 bits per heavy atom. The summed E-state index contributed by atoms with van der Waals surface area (Å²) in [6, 6.07) is 4.15. The molecule has 0 radical (unpaired) electrons. The molecule has 3 aromatic rings. The van der Waals surface area contributed by atoms with Crippen LogP contribution in [0.5, 0.6) is 0 Å². The van der Waals surface area contributed by atoms with Crippen molar-refractivity contribution in [3.63, 3.8) is 0 Å². The highest BCUT2D eigenvalue weighted by Gasteiger charge is 2.17. The van der Waals surface area contributed by atoms with E-state index in [1.165, 1.54) is 19.9 Å². The maximum absolute atomic E-state index is 14.6. The van der Waals surface area contributed by atoms with Crippen LogP contribution >= 0.6 is 0 Å². The average molecular weight is 459 g/mol. The molecule has 0 fully saturated rings. The summed E-state index contributed by atoms with van der Waals surface area (Å²) in [5, 5.41) is 17.6. The quantitative estimate of drug-likeness (QED) is 0.404. The first-order chi connectivity index (χ1) is 15.6. The largest absolute Gasteiger partial charge is 0.395 e. The first-order valence-electron chi connectivity index (χ1n) is 10.6. The molecule has 8 nitrogen and oxygen atoms in total. The van der Waals surface area contributed by atoms with Gasteiger partial charge in [0.15, 0.2) is 5.65 Å². The summed E-state index contributed by atoms with van der Waals surface area (Å²) in [6.07, 6.45) is 1.76. The minimum absolute atomic E-state index is 0.00640. The van der Waals surface area contributed by atoms with E-state index >= 15 is 0 Å². The third kappa shape index (κ3) is 6.32. The van der Waals surface area contributed by atoms with Crippen LogP contribution in [0.3, 0.4) is 0 Å². The molecule has 3 rings (SSSR count). The molecule has 0 unspecified atom stereocenters. The molecule has 2 heterocycles. The number of aliphatic hydroxyl groups excluding tert-OH is 1. The van der Waals surface area contributed by atoms with Gasteiger partial charge in [-0.05, 0) is 63.4 Å². The summed E-state index contributed by atoms with van der Waals surface area (Å²) in [5.74, 6) is -0.214. The molecular formula is C23H28F2N6O2. The Morgan fingerprint density at radius 3 is 2.58 bits per heavy atom. The number of carbonyl (C=O) groups excluding carboxylic acids is 1.